The minimum atomic E-state index is 0.440. The van der Waals surface area contributed by atoms with Crippen LogP contribution in [0.3, 0.4) is 0 Å². The summed E-state index contributed by atoms with van der Waals surface area (Å²) in [7, 11) is 2.32. The maximum atomic E-state index is 5.24. The zero-order valence-corrected chi connectivity index (χ0v) is 11.0. The summed E-state index contributed by atoms with van der Waals surface area (Å²) in [5, 5.41) is 0. The molecule has 0 radical (unpaired) electrons. The van der Waals surface area contributed by atoms with E-state index in [9.17, 15) is 0 Å². The van der Waals surface area contributed by atoms with Crippen molar-refractivity contribution in [2.75, 3.05) is 13.3 Å². The Balaban J connectivity index is 2.26. The van der Waals surface area contributed by atoms with Crippen LogP contribution in [-0.2, 0) is 4.52 Å². The van der Waals surface area contributed by atoms with E-state index in [0.717, 1.165) is 6.16 Å². The van der Waals surface area contributed by atoms with E-state index in [1.165, 1.54) is 11.1 Å². The van der Waals surface area contributed by atoms with Gasteiger partial charge in [0, 0.05) is 28.0 Å². The number of rotatable bonds is 5. The molecular weight excluding hydrogens is 227 g/mol. The first-order valence-electron chi connectivity index (χ1n) is 5.77. The van der Waals surface area contributed by atoms with Crippen LogP contribution >= 0.6 is 8.81 Å². The Bertz CT molecular complexity index is 388. The number of benzene rings is 2. The second kappa shape index (κ2) is 6.54. The average molecular weight is 244 g/mol. The van der Waals surface area contributed by atoms with E-state index in [0.29, 0.717) is 14.7 Å². The fourth-order valence-corrected chi connectivity index (χ4v) is 2.77. The number of hydrogen-bond donors (Lipinski definition) is 0. The van der Waals surface area contributed by atoms with Crippen LogP contribution in [0.15, 0.2) is 60.7 Å². The van der Waals surface area contributed by atoms with Gasteiger partial charge in [-0.2, -0.15) is 0 Å². The van der Waals surface area contributed by atoms with Gasteiger partial charge in [-0.15, -0.1) is 0 Å². The zero-order chi connectivity index (χ0) is 11.9. The maximum absolute atomic E-state index is 5.24. The van der Waals surface area contributed by atoms with Crippen molar-refractivity contribution in [3.05, 3.63) is 71.8 Å². The molecule has 17 heavy (non-hydrogen) atoms. The van der Waals surface area contributed by atoms with E-state index in [2.05, 4.69) is 60.7 Å². The molecule has 2 aromatic carbocycles. The summed E-state index contributed by atoms with van der Waals surface area (Å²) in [6.45, 7) is 0. The highest BCUT2D eigenvalue weighted by Crippen LogP contribution is 2.30. The van der Waals surface area contributed by atoms with Gasteiger partial charge in [-0.25, -0.2) is 0 Å². The summed E-state index contributed by atoms with van der Waals surface area (Å²) in [5.74, 6) is 0.440. The van der Waals surface area contributed by atoms with Crippen molar-refractivity contribution < 1.29 is 4.52 Å². The molecule has 0 amide bonds. The molecule has 1 nitrogen and oxygen atoms in total. The molecule has 0 N–H and O–H groups in total. The highest BCUT2D eigenvalue weighted by Gasteiger charge is 2.13. The highest BCUT2D eigenvalue weighted by molar-refractivity contribution is 7.32. The van der Waals surface area contributed by atoms with E-state index < -0.39 is 0 Å². The lowest BCUT2D eigenvalue weighted by molar-refractivity contribution is 0.474. The molecule has 0 aliphatic heterocycles. The third-order valence-electron chi connectivity index (χ3n) is 2.84. The molecule has 0 spiro atoms. The predicted octanol–water partition coefficient (Wildman–Crippen LogP) is 4.06. The Morgan fingerprint density at radius 3 is 1.76 bits per heavy atom. The number of hydrogen-bond acceptors (Lipinski definition) is 1. The summed E-state index contributed by atoms with van der Waals surface area (Å²) >= 11 is 0. The quantitative estimate of drug-likeness (QED) is 0.721. The normalized spacial score (nSPS) is 11.4. The first-order valence-corrected chi connectivity index (χ1v) is 6.89. The zero-order valence-electron chi connectivity index (χ0n) is 9.97. The van der Waals surface area contributed by atoms with Gasteiger partial charge in [-0.3, -0.25) is 0 Å². The average Bonchev–Trinajstić information content (AvgIpc) is 2.42. The molecular formula is C15H17OP. The highest BCUT2D eigenvalue weighted by atomic mass is 31.1. The molecule has 88 valence electrons. The van der Waals surface area contributed by atoms with Gasteiger partial charge in [0.1, 0.15) is 0 Å². The molecule has 0 saturated carbocycles. The molecule has 2 heteroatoms. The Morgan fingerprint density at radius 2 is 1.35 bits per heavy atom. The molecule has 0 aromatic heterocycles. The molecule has 0 fully saturated rings. The van der Waals surface area contributed by atoms with Gasteiger partial charge < -0.3 is 4.52 Å². The van der Waals surface area contributed by atoms with E-state index in [1.54, 1.807) is 7.11 Å². The fourth-order valence-electron chi connectivity index (χ4n) is 1.97. The van der Waals surface area contributed by atoms with E-state index in [1.807, 2.05) is 0 Å². The lowest BCUT2D eigenvalue weighted by Gasteiger charge is -2.17. The van der Waals surface area contributed by atoms with E-state index in [4.69, 9.17) is 4.52 Å². The predicted molar refractivity (Wildman–Crippen MR) is 74.9 cm³/mol. The third kappa shape index (κ3) is 3.39. The van der Waals surface area contributed by atoms with Crippen molar-refractivity contribution in [2.24, 2.45) is 0 Å². The summed E-state index contributed by atoms with van der Waals surface area (Å²) in [6, 6.07) is 21.3. The van der Waals surface area contributed by atoms with Gasteiger partial charge in [0.15, 0.2) is 0 Å². The van der Waals surface area contributed by atoms with Crippen LogP contribution < -0.4 is 0 Å². The van der Waals surface area contributed by atoms with Crippen molar-refractivity contribution in [2.45, 2.75) is 5.92 Å². The van der Waals surface area contributed by atoms with Crippen molar-refractivity contribution in [3.8, 4) is 0 Å². The van der Waals surface area contributed by atoms with E-state index in [-0.39, 0.29) is 0 Å². The Labute approximate surface area is 105 Å². The van der Waals surface area contributed by atoms with Crippen LogP contribution in [0.4, 0.5) is 0 Å². The van der Waals surface area contributed by atoms with Crippen LogP contribution in [-0.4, -0.2) is 13.3 Å². The minimum absolute atomic E-state index is 0.440. The molecule has 0 saturated heterocycles. The maximum Gasteiger partial charge on any atom is 0.0394 e. The first kappa shape index (κ1) is 12.3. The van der Waals surface area contributed by atoms with Gasteiger partial charge in [-0.05, 0) is 11.1 Å². The Kier molecular flexibility index (Phi) is 4.73. The summed E-state index contributed by atoms with van der Waals surface area (Å²) in [6.07, 6.45) is 1.05. The first-order chi connectivity index (χ1) is 8.42. The van der Waals surface area contributed by atoms with Crippen LogP contribution in [0.2, 0.25) is 0 Å². The second-order valence-corrected chi connectivity index (χ2v) is 5.03. The molecule has 0 aliphatic rings. The smallest absolute Gasteiger partial charge is 0.0394 e. The summed E-state index contributed by atoms with van der Waals surface area (Å²) < 4.78 is 5.24. The summed E-state index contributed by atoms with van der Waals surface area (Å²) in [5.41, 5.74) is 2.73. The van der Waals surface area contributed by atoms with Crippen molar-refractivity contribution in [1.82, 2.24) is 0 Å². The lowest BCUT2D eigenvalue weighted by Crippen LogP contribution is -2.03. The standard InChI is InChI=1S/C15H17OP/c1-16-17-12-15(13-8-4-2-5-9-13)14-10-6-3-7-11-14/h2-11,15,17H,12H2,1H3. The molecule has 0 bridgehead atoms. The van der Waals surface area contributed by atoms with Crippen LogP contribution in [0.5, 0.6) is 0 Å². The van der Waals surface area contributed by atoms with Gasteiger partial charge in [0.25, 0.3) is 0 Å². The fraction of sp³-hybridized carbons (Fsp3) is 0.200. The largest absolute Gasteiger partial charge is 0.366 e. The van der Waals surface area contributed by atoms with Crippen LogP contribution in [0, 0.1) is 0 Å². The van der Waals surface area contributed by atoms with Gasteiger partial charge in [0.2, 0.25) is 0 Å². The molecule has 1 unspecified atom stereocenters. The van der Waals surface area contributed by atoms with Gasteiger partial charge in [0.05, 0.1) is 0 Å². The topological polar surface area (TPSA) is 9.23 Å². The third-order valence-corrected chi connectivity index (χ3v) is 3.70. The minimum Gasteiger partial charge on any atom is -0.366 e. The Morgan fingerprint density at radius 1 is 0.882 bits per heavy atom. The molecule has 2 aromatic rings. The van der Waals surface area contributed by atoms with Crippen molar-refractivity contribution in [1.29, 1.82) is 0 Å². The molecule has 0 heterocycles. The Hall–Kier alpha value is -1.17. The van der Waals surface area contributed by atoms with Crippen LogP contribution in [0.1, 0.15) is 17.0 Å². The second-order valence-electron chi connectivity index (χ2n) is 3.93. The van der Waals surface area contributed by atoms with Gasteiger partial charge in [-0.1, -0.05) is 60.7 Å². The van der Waals surface area contributed by atoms with E-state index >= 15 is 0 Å². The van der Waals surface area contributed by atoms with Crippen LogP contribution in [0.25, 0.3) is 0 Å². The monoisotopic (exact) mass is 244 g/mol. The SMILES string of the molecule is COPCC(c1ccccc1)c1ccccc1. The molecule has 0 aliphatic carbocycles. The van der Waals surface area contributed by atoms with Crippen molar-refractivity contribution >= 4 is 8.81 Å². The van der Waals surface area contributed by atoms with Gasteiger partial charge >= 0.3 is 0 Å². The van der Waals surface area contributed by atoms with Crippen molar-refractivity contribution in [3.63, 3.8) is 0 Å². The molecule has 1 atom stereocenters. The summed E-state index contributed by atoms with van der Waals surface area (Å²) in [4.78, 5) is 0. The molecule has 2 rings (SSSR count). The lowest BCUT2D eigenvalue weighted by atomic mass is 9.93.